The van der Waals surface area contributed by atoms with Crippen molar-refractivity contribution in [3.8, 4) is 0 Å². The lowest BCUT2D eigenvalue weighted by atomic mass is 10.4. The molecule has 0 saturated heterocycles. The lowest BCUT2D eigenvalue weighted by Gasteiger charge is -2.03. The van der Waals surface area contributed by atoms with E-state index in [2.05, 4.69) is 25.6 Å². The molecule has 17 heavy (non-hydrogen) atoms. The van der Waals surface area contributed by atoms with Crippen LogP contribution in [0.4, 0.5) is 5.82 Å². The predicted molar refractivity (Wildman–Crippen MR) is 64.9 cm³/mol. The van der Waals surface area contributed by atoms with Crippen LogP contribution in [0.15, 0.2) is 24.1 Å². The van der Waals surface area contributed by atoms with E-state index in [1.54, 1.807) is 18.8 Å². The summed E-state index contributed by atoms with van der Waals surface area (Å²) in [5, 5.41) is 5.58. The molecular formula is C10H11N5OS. The summed E-state index contributed by atoms with van der Waals surface area (Å²) in [7, 11) is 1.74. The largest absolute Gasteiger partial charge is 0.372 e. The van der Waals surface area contributed by atoms with Gasteiger partial charge in [-0.2, -0.15) is 0 Å². The summed E-state index contributed by atoms with van der Waals surface area (Å²) in [4.78, 5) is 24.6. The van der Waals surface area contributed by atoms with Crippen molar-refractivity contribution in [2.45, 2.75) is 6.54 Å². The third kappa shape index (κ3) is 2.97. The van der Waals surface area contributed by atoms with Crippen LogP contribution in [-0.2, 0) is 6.54 Å². The van der Waals surface area contributed by atoms with Crippen molar-refractivity contribution < 1.29 is 4.79 Å². The zero-order valence-electron chi connectivity index (χ0n) is 9.17. The molecule has 2 heterocycles. The molecule has 2 rings (SSSR count). The van der Waals surface area contributed by atoms with Crippen molar-refractivity contribution in [3.05, 3.63) is 34.7 Å². The molecule has 0 atom stereocenters. The topological polar surface area (TPSA) is 79.8 Å². The first kappa shape index (κ1) is 11.5. The van der Waals surface area contributed by atoms with Gasteiger partial charge in [-0.3, -0.25) is 9.78 Å². The molecule has 2 N–H and O–H groups in total. The quantitative estimate of drug-likeness (QED) is 0.841. The first-order valence-corrected chi connectivity index (χ1v) is 5.83. The van der Waals surface area contributed by atoms with E-state index in [0.29, 0.717) is 18.1 Å². The van der Waals surface area contributed by atoms with Gasteiger partial charge < -0.3 is 10.6 Å². The van der Waals surface area contributed by atoms with Gasteiger partial charge in [-0.1, -0.05) is 0 Å². The SMILES string of the molecule is CNc1cnc(C(=O)NCc2cncs2)cn1. The number of amides is 1. The van der Waals surface area contributed by atoms with Crippen LogP contribution < -0.4 is 10.6 Å². The van der Waals surface area contributed by atoms with Crippen LogP contribution in [0.25, 0.3) is 0 Å². The minimum atomic E-state index is -0.242. The Morgan fingerprint density at radius 2 is 2.24 bits per heavy atom. The molecular weight excluding hydrogens is 238 g/mol. The zero-order chi connectivity index (χ0) is 12.1. The van der Waals surface area contributed by atoms with Crippen LogP contribution in [0.1, 0.15) is 15.4 Å². The fourth-order valence-corrected chi connectivity index (χ4v) is 1.70. The van der Waals surface area contributed by atoms with E-state index in [4.69, 9.17) is 0 Å². The van der Waals surface area contributed by atoms with Crippen LogP contribution in [-0.4, -0.2) is 27.9 Å². The van der Waals surface area contributed by atoms with Crippen molar-refractivity contribution in [2.75, 3.05) is 12.4 Å². The summed E-state index contributed by atoms with van der Waals surface area (Å²) in [6.45, 7) is 0.457. The van der Waals surface area contributed by atoms with Crippen molar-refractivity contribution >= 4 is 23.1 Å². The van der Waals surface area contributed by atoms with Gasteiger partial charge in [0.2, 0.25) is 0 Å². The Kier molecular flexibility index (Phi) is 3.61. The highest BCUT2D eigenvalue weighted by molar-refractivity contribution is 7.09. The number of nitrogens with one attached hydrogen (secondary N) is 2. The second kappa shape index (κ2) is 5.35. The number of hydrogen-bond acceptors (Lipinski definition) is 6. The fourth-order valence-electron chi connectivity index (χ4n) is 1.16. The Morgan fingerprint density at radius 3 is 2.82 bits per heavy atom. The highest BCUT2D eigenvalue weighted by Crippen LogP contribution is 2.05. The molecule has 0 unspecified atom stereocenters. The van der Waals surface area contributed by atoms with E-state index in [0.717, 1.165) is 4.88 Å². The normalized spacial score (nSPS) is 9.94. The molecule has 1 amide bonds. The summed E-state index contributed by atoms with van der Waals surface area (Å²) in [6.07, 6.45) is 4.68. The number of rotatable bonds is 4. The first-order valence-electron chi connectivity index (χ1n) is 4.95. The summed E-state index contributed by atoms with van der Waals surface area (Å²) in [5.74, 6) is 0.387. The second-order valence-electron chi connectivity index (χ2n) is 3.19. The van der Waals surface area contributed by atoms with E-state index in [9.17, 15) is 4.79 Å². The lowest BCUT2D eigenvalue weighted by molar-refractivity contribution is 0.0946. The fraction of sp³-hybridized carbons (Fsp3) is 0.200. The maximum absolute atomic E-state index is 11.7. The minimum absolute atomic E-state index is 0.242. The molecule has 6 nitrogen and oxygen atoms in total. The molecule has 0 saturated carbocycles. The van der Waals surface area contributed by atoms with Gasteiger partial charge in [-0.15, -0.1) is 11.3 Å². The van der Waals surface area contributed by atoms with E-state index in [1.165, 1.54) is 23.7 Å². The minimum Gasteiger partial charge on any atom is -0.372 e. The maximum atomic E-state index is 11.7. The molecule has 0 bridgehead atoms. The second-order valence-corrected chi connectivity index (χ2v) is 4.16. The molecule has 0 aliphatic carbocycles. The predicted octanol–water partition coefficient (Wildman–Crippen LogP) is 0.905. The zero-order valence-corrected chi connectivity index (χ0v) is 9.99. The molecule has 0 fully saturated rings. The van der Waals surface area contributed by atoms with Crippen molar-refractivity contribution in [1.29, 1.82) is 0 Å². The molecule has 2 aromatic rings. The smallest absolute Gasteiger partial charge is 0.271 e. The molecule has 0 spiro atoms. The molecule has 88 valence electrons. The van der Waals surface area contributed by atoms with Gasteiger partial charge in [0, 0.05) is 18.1 Å². The first-order chi connectivity index (χ1) is 8.29. The molecule has 0 radical (unpaired) electrons. The number of nitrogens with zero attached hydrogens (tertiary/aromatic N) is 3. The van der Waals surface area contributed by atoms with E-state index < -0.39 is 0 Å². The average Bonchev–Trinajstić information content (AvgIpc) is 2.89. The Hall–Kier alpha value is -2.02. The van der Waals surface area contributed by atoms with Gasteiger partial charge in [-0.25, -0.2) is 9.97 Å². The van der Waals surface area contributed by atoms with Gasteiger partial charge in [0.15, 0.2) is 0 Å². The van der Waals surface area contributed by atoms with Crippen molar-refractivity contribution in [2.24, 2.45) is 0 Å². The number of thiazole rings is 1. The highest BCUT2D eigenvalue weighted by atomic mass is 32.1. The number of hydrogen-bond donors (Lipinski definition) is 2. The monoisotopic (exact) mass is 249 g/mol. The Morgan fingerprint density at radius 1 is 1.35 bits per heavy atom. The van der Waals surface area contributed by atoms with Gasteiger partial charge in [-0.05, 0) is 0 Å². The Labute approximate surface area is 102 Å². The summed E-state index contributed by atoms with van der Waals surface area (Å²) in [6, 6.07) is 0. The Balaban J connectivity index is 1.95. The lowest BCUT2D eigenvalue weighted by Crippen LogP contribution is -2.23. The van der Waals surface area contributed by atoms with Crippen LogP contribution in [0, 0.1) is 0 Å². The maximum Gasteiger partial charge on any atom is 0.271 e. The van der Waals surface area contributed by atoms with Crippen LogP contribution in [0.3, 0.4) is 0 Å². The number of carbonyl (C=O) groups excluding carboxylic acids is 1. The van der Waals surface area contributed by atoms with E-state index >= 15 is 0 Å². The number of aromatic nitrogens is 3. The highest BCUT2D eigenvalue weighted by Gasteiger charge is 2.07. The van der Waals surface area contributed by atoms with Gasteiger partial charge in [0.05, 0.1) is 24.4 Å². The van der Waals surface area contributed by atoms with E-state index in [-0.39, 0.29) is 5.91 Å². The van der Waals surface area contributed by atoms with Crippen LogP contribution >= 0.6 is 11.3 Å². The number of carbonyl (C=O) groups is 1. The Bertz CT molecular complexity index is 482. The summed E-state index contributed by atoms with van der Waals surface area (Å²) < 4.78 is 0. The molecule has 0 aliphatic heterocycles. The van der Waals surface area contributed by atoms with Crippen molar-refractivity contribution in [3.63, 3.8) is 0 Å². The third-order valence-electron chi connectivity index (χ3n) is 2.05. The number of anilines is 1. The summed E-state index contributed by atoms with van der Waals surface area (Å²) >= 11 is 1.49. The van der Waals surface area contributed by atoms with Crippen LogP contribution in [0.5, 0.6) is 0 Å². The van der Waals surface area contributed by atoms with Crippen molar-refractivity contribution in [1.82, 2.24) is 20.3 Å². The van der Waals surface area contributed by atoms with Gasteiger partial charge in [0.25, 0.3) is 5.91 Å². The third-order valence-corrected chi connectivity index (χ3v) is 2.83. The molecule has 7 heteroatoms. The van der Waals surface area contributed by atoms with Crippen LogP contribution in [0.2, 0.25) is 0 Å². The van der Waals surface area contributed by atoms with Gasteiger partial charge in [0.1, 0.15) is 11.5 Å². The molecule has 0 aromatic carbocycles. The molecule has 2 aromatic heterocycles. The molecule has 0 aliphatic rings. The van der Waals surface area contributed by atoms with Gasteiger partial charge >= 0.3 is 0 Å². The standard InChI is InChI=1S/C10H11N5OS/c1-11-9-5-13-8(4-14-9)10(16)15-3-7-2-12-6-17-7/h2,4-6H,3H2,1H3,(H,11,14)(H,15,16). The average molecular weight is 249 g/mol. The summed E-state index contributed by atoms with van der Waals surface area (Å²) in [5.41, 5.74) is 2.02. The van der Waals surface area contributed by atoms with E-state index in [1.807, 2.05) is 0 Å².